The smallest absolute Gasteiger partial charge is 0.323 e. The summed E-state index contributed by atoms with van der Waals surface area (Å²) in [6.45, 7) is 3.09. The van der Waals surface area contributed by atoms with Gasteiger partial charge in [-0.25, -0.2) is 0 Å². The Morgan fingerprint density at radius 3 is 2.00 bits per heavy atom. The van der Waals surface area contributed by atoms with Crippen molar-refractivity contribution in [1.82, 2.24) is 4.90 Å². The molecular formula is C12H21NO5. The van der Waals surface area contributed by atoms with Crippen LogP contribution in [0.4, 0.5) is 0 Å². The molecule has 0 saturated carbocycles. The second-order valence-electron chi connectivity index (χ2n) is 4.63. The van der Waals surface area contributed by atoms with E-state index in [-0.39, 0.29) is 12.6 Å². The van der Waals surface area contributed by atoms with Crippen molar-refractivity contribution >= 4 is 11.9 Å². The van der Waals surface area contributed by atoms with Crippen LogP contribution in [-0.4, -0.2) is 61.9 Å². The van der Waals surface area contributed by atoms with E-state index in [9.17, 15) is 9.59 Å². The Morgan fingerprint density at radius 2 is 1.67 bits per heavy atom. The van der Waals surface area contributed by atoms with Gasteiger partial charge in [-0.15, -0.1) is 0 Å². The van der Waals surface area contributed by atoms with Crippen LogP contribution < -0.4 is 0 Å². The molecule has 0 aromatic rings. The van der Waals surface area contributed by atoms with Crippen molar-refractivity contribution in [1.29, 1.82) is 0 Å². The van der Waals surface area contributed by atoms with Crippen molar-refractivity contribution in [2.75, 3.05) is 33.9 Å². The summed E-state index contributed by atoms with van der Waals surface area (Å²) in [6, 6.07) is 0.0262. The Hall–Kier alpha value is -1.14. The lowest BCUT2D eigenvalue weighted by Crippen LogP contribution is -2.52. The molecule has 1 rings (SSSR count). The zero-order valence-corrected chi connectivity index (χ0v) is 11.1. The minimum Gasteiger partial charge on any atom is -0.468 e. The molecule has 104 valence electrons. The average molecular weight is 259 g/mol. The average Bonchev–Trinajstić information content (AvgIpc) is 2.44. The molecule has 6 heteroatoms. The third-order valence-corrected chi connectivity index (χ3v) is 3.69. The van der Waals surface area contributed by atoms with Crippen LogP contribution in [0.5, 0.6) is 0 Å². The highest BCUT2D eigenvalue weighted by molar-refractivity contribution is 6.00. The van der Waals surface area contributed by atoms with Gasteiger partial charge in [0.25, 0.3) is 0 Å². The molecule has 1 heterocycles. The van der Waals surface area contributed by atoms with Crippen LogP contribution in [0.3, 0.4) is 0 Å². The number of likely N-dealkylation sites (tertiary alicyclic amines) is 1. The summed E-state index contributed by atoms with van der Waals surface area (Å²) in [5.74, 6) is -1.07. The number of aliphatic hydroxyl groups is 1. The molecule has 1 fully saturated rings. The van der Waals surface area contributed by atoms with Gasteiger partial charge >= 0.3 is 11.9 Å². The van der Waals surface area contributed by atoms with Gasteiger partial charge < -0.3 is 14.6 Å². The highest BCUT2D eigenvalue weighted by atomic mass is 16.5. The molecule has 1 atom stereocenters. The quantitative estimate of drug-likeness (QED) is 0.556. The van der Waals surface area contributed by atoms with E-state index >= 15 is 0 Å². The number of rotatable bonds is 4. The molecule has 1 aliphatic rings. The fourth-order valence-electron chi connectivity index (χ4n) is 2.34. The monoisotopic (exact) mass is 259 g/mol. The Bertz CT molecular complexity index is 292. The number of ether oxygens (including phenoxy) is 2. The fourth-order valence-corrected chi connectivity index (χ4v) is 2.34. The first-order valence-corrected chi connectivity index (χ1v) is 6.03. The summed E-state index contributed by atoms with van der Waals surface area (Å²) >= 11 is 0. The largest absolute Gasteiger partial charge is 0.468 e. The predicted molar refractivity (Wildman–Crippen MR) is 63.8 cm³/mol. The summed E-state index contributed by atoms with van der Waals surface area (Å²) in [5, 5.41) is 9.10. The lowest BCUT2D eigenvalue weighted by Gasteiger charge is -2.39. The predicted octanol–water partition coefficient (Wildman–Crippen LogP) is -0.205. The molecule has 18 heavy (non-hydrogen) atoms. The molecule has 0 aliphatic carbocycles. The second-order valence-corrected chi connectivity index (χ2v) is 4.63. The number of nitrogens with zero attached hydrogens (tertiary/aromatic N) is 1. The van der Waals surface area contributed by atoms with Crippen molar-refractivity contribution in [2.24, 2.45) is 5.41 Å². The zero-order valence-electron chi connectivity index (χ0n) is 11.1. The van der Waals surface area contributed by atoms with Crippen LogP contribution in [0.25, 0.3) is 0 Å². The van der Waals surface area contributed by atoms with E-state index in [0.29, 0.717) is 25.9 Å². The molecule has 6 nitrogen and oxygen atoms in total. The molecule has 0 aromatic carbocycles. The molecule has 0 aromatic heterocycles. The van der Waals surface area contributed by atoms with Gasteiger partial charge in [-0.1, -0.05) is 0 Å². The fraction of sp³-hybridized carbons (Fsp3) is 0.833. The SMILES string of the molecule is COC(=O)C1(C(=O)OC)CCN([C@@H](C)CO)CC1. The molecule has 0 spiro atoms. The highest BCUT2D eigenvalue weighted by Crippen LogP contribution is 2.34. The minimum absolute atomic E-state index is 0.0262. The topological polar surface area (TPSA) is 76.1 Å². The number of hydrogen-bond acceptors (Lipinski definition) is 6. The number of aliphatic hydroxyl groups excluding tert-OH is 1. The number of carbonyl (C=O) groups excluding carboxylic acids is 2. The summed E-state index contributed by atoms with van der Waals surface area (Å²) < 4.78 is 9.46. The van der Waals surface area contributed by atoms with Gasteiger partial charge in [-0.3, -0.25) is 14.5 Å². The molecule has 0 amide bonds. The van der Waals surface area contributed by atoms with Gasteiger partial charge in [0.1, 0.15) is 0 Å². The third kappa shape index (κ3) is 2.64. The summed E-state index contributed by atoms with van der Waals surface area (Å²) in [5.41, 5.74) is -1.19. The normalized spacial score (nSPS) is 21.1. The molecule has 0 radical (unpaired) electrons. The Labute approximate surface area is 107 Å². The van der Waals surface area contributed by atoms with Gasteiger partial charge in [0.15, 0.2) is 5.41 Å². The first kappa shape index (κ1) is 14.9. The van der Waals surface area contributed by atoms with E-state index in [1.54, 1.807) is 0 Å². The zero-order chi connectivity index (χ0) is 13.8. The standard InChI is InChI=1S/C12H21NO5/c1-9(8-14)13-6-4-12(5-7-13,10(15)17-2)11(16)18-3/h9,14H,4-8H2,1-3H3/t9-/m0/s1. The van der Waals surface area contributed by atoms with E-state index in [2.05, 4.69) is 0 Å². The van der Waals surface area contributed by atoms with Gasteiger partial charge in [0.2, 0.25) is 0 Å². The van der Waals surface area contributed by atoms with Crippen molar-refractivity contribution in [3.05, 3.63) is 0 Å². The summed E-state index contributed by atoms with van der Waals surface area (Å²) in [6.07, 6.45) is 0.716. The van der Waals surface area contributed by atoms with Crippen LogP contribution in [0, 0.1) is 5.41 Å². The van der Waals surface area contributed by atoms with E-state index < -0.39 is 17.4 Å². The van der Waals surface area contributed by atoms with E-state index in [1.807, 2.05) is 11.8 Å². The summed E-state index contributed by atoms with van der Waals surface area (Å²) in [7, 11) is 2.55. The third-order valence-electron chi connectivity index (χ3n) is 3.69. The van der Waals surface area contributed by atoms with Crippen LogP contribution in [0.15, 0.2) is 0 Å². The van der Waals surface area contributed by atoms with Crippen LogP contribution in [-0.2, 0) is 19.1 Å². The van der Waals surface area contributed by atoms with E-state index in [0.717, 1.165) is 0 Å². The molecule has 1 aliphatic heterocycles. The van der Waals surface area contributed by atoms with Gasteiger partial charge in [0, 0.05) is 19.1 Å². The van der Waals surface area contributed by atoms with Crippen molar-refractivity contribution in [3.63, 3.8) is 0 Å². The van der Waals surface area contributed by atoms with Crippen molar-refractivity contribution < 1.29 is 24.2 Å². The van der Waals surface area contributed by atoms with E-state index in [1.165, 1.54) is 14.2 Å². The highest BCUT2D eigenvalue weighted by Gasteiger charge is 2.50. The van der Waals surface area contributed by atoms with Crippen molar-refractivity contribution in [2.45, 2.75) is 25.8 Å². The summed E-state index contributed by atoms with van der Waals surface area (Å²) in [4.78, 5) is 25.7. The molecule has 0 unspecified atom stereocenters. The lowest BCUT2D eigenvalue weighted by atomic mass is 9.78. The number of methoxy groups -OCH3 is 2. The number of hydrogen-bond donors (Lipinski definition) is 1. The maximum Gasteiger partial charge on any atom is 0.323 e. The van der Waals surface area contributed by atoms with Crippen LogP contribution in [0.1, 0.15) is 19.8 Å². The van der Waals surface area contributed by atoms with Gasteiger partial charge in [-0.2, -0.15) is 0 Å². The Morgan fingerprint density at radius 1 is 1.22 bits per heavy atom. The van der Waals surface area contributed by atoms with Crippen molar-refractivity contribution in [3.8, 4) is 0 Å². The number of esters is 2. The number of piperidine rings is 1. The maximum atomic E-state index is 11.8. The van der Waals surface area contributed by atoms with Crippen LogP contribution >= 0.6 is 0 Å². The molecule has 1 saturated heterocycles. The van der Waals surface area contributed by atoms with E-state index in [4.69, 9.17) is 14.6 Å². The van der Waals surface area contributed by atoms with Gasteiger partial charge in [-0.05, 0) is 19.8 Å². The molecule has 1 N–H and O–H groups in total. The molecule has 0 bridgehead atoms. The maximum absolute atomic E-state index is 11.8. The number of carbonyl (C=O) groups is 2. The minimum atomic E-state index is -1.19. The van der Waals surface area contributed by atoms with Crippen LogP contribution in [0.2, 0.25) is 0 Å². The second kappa shape index (κ2) is 6.15. The molecular weight excluding hydrogens is 238 g/mol. The van der Waals surface area contributed by atoms with Gasteiger partial charge in [0.05, 0.1) is 20.8 Å². The Balaban J connectivity index is 2.80. The first-order valence-electron chi connectivity index (χ1n) is 6.03. The lowest BCUT2D eigenvalue weighted by molar-refractivity contribution is -0.173. The Kier molecular flexibility index (Phi) is 5.10. The first-order chi connectivity index (χ1) is 8.51.